The maximum atomic E-state index is 10.9. The average Bonchev–Trinajstić information content (AvgIpc) is 2.36. The van der Waals surface area contributed by atoms with Crippen molar-refractivity contribution < 1.29 is 14.4 Å². The number of hydrogen-bond acceptors (Lipinski definition) is 5. The summed E-state index contributed by atoms with van der Waals surface area (Å²) in [6, 6.07) is 5.25. The predicted octanol–water partition coefficient (Wildman–Crippen LogP) is 2.97. The SMILES string of the molecule is CCOc1cc(NC2CC(OCC)C2)ccc1[N+](=O)[O-]. The summed E-state index contributed by atoms with van der Waals surface area (Å²) in [4.78, 5) is 10.5. The molecule has 0 bridgehead atoms. The summed E-state index contributed by atoms with van der Waals surface area (Å²) in [5.74, 6) is 0.309. The molecule has 0 heterocycles. The quantitative estimate of drug-likeness (QED) is 0.614. The first-order chi connectivity index (χ1) is 9.63. The number of ether oxygens (including phenoxy) is 2. The van der Waals surface area contributed by atoms with Crippen molar-refractivity contribution in [3.63, 3.8) is 0 Å². The molecule has 1 fully saturated rings. The Labute approximate surface area is 118 Å². The summed E-state index contributed by atoms with van der Waals surface area (Å²) >= 11 is 0. The Balaban J connectivity index is 1.99. The van der Waals surface area contributed by atoms with E-state index in [1.165, 1.54) is 6.07 Å². The number of benzene rings is 1. The van der Waals surface area contributed by atoms with E-state index in [9.17, 15) is 10.1 Å². The lowest BCUT2D eigenvalue weighted by Crippen LogP contribution is -2.40. The Kier molecular flexibility index (Phi) is 4.79. The Morgan fingerprint density at radius 3 is 2.70 bits per heavy atom. The van der Waals surface area contributed by atoms with Crippen LogP contribution in [0.5, 0.6) is 5.75 Å². The van der Waals surface area contributed by atoms with E-state index in [-0.39, 0.29) is 5.69 Å². The van der Waals surface area contributed by atoms with Gasteiger partial charge >= 0.3 is 5.69 Å². The van der Waals surface area contributed by atoms with Crippen molar-refractivity contribution in [2.75, 3.05) is 18.5 Å². The van der Waals surface area contributed by atoms with Crippen LogP contribution >= 0.6 is 0 Å². The van der Waals surface area contributed by atoms with Gasteiger partial charge in [0.2, 0.25) is 0 Å². The second kappa shape index (κ2) is 6.56. The third-order valence-electron chi connectivity index (χ3n) is 3.32. The van der Waals surface area contributed by atoms with Crippen molar-refractivity contribution in [2.24, 2.45) is 0 Å². The first-order valence-corrected chi connectivity index (χ1v) is 6.93. The van der Waals surface area contributed by atoms with Crippen molar-refractivity contribution in [2.45, 2.75) is 38.8 Å². The van der Waals surface area contributed by atoms with Gasteiger partial charge < -0.3 is 14.8 Å². The van der Waals surface area contributed by atoms with Crippen LogP contribution in [0.15, 0.2) is 18.2 Å². The Morgan fingerprint density at radius 1 is 1.35 bits per heavy atom. The number of nitrogens with zero attached hydrogens (tertiary/aromatic N) is 1. The van der Waals surface area contributed by atoms with E-state index in [2.05, 4.69) is 5.32 Å². The van der Waals surface area contributed by atoms with Crippen LogP contribution < -0.4 is 10.1 Å². The molecule has 0 amide bonds. The van der Waals surface area contributed by atoms with Crippen molar-refractivity contribution in [1.82, 2.24) is 0 Å². The molecule has 0 atom stereocenters. The molecule has 1 saturated carbocycles. The summed E-state index contributed by atoms with van der Waals surface area (Å²) in [5, 5.41) is 14.3. The molecule has 20 heavy (non-hydrogen) atoms. The van der Waals surface area contributed by atoms with E-state index >= 15 is 0 Å². The fourth-order valence-corrected chi connectivity index (χ4v) is 2.32. The summed E-state index contributed by atoms with van der Waals surface area (Å²) in [6.07, 6.45) is 2.27. The normalized spacial score (nSPS) is 21.1. The molecule has 0 aromatic heterocycles. The summed E-state index contributed by atoms with van der Waals surface area (Å²) in [6.45, 7) is 4.94. The third kappa shape index (κ3) is 3.39. The molecule has 2 rings (SSSR count). The monoisotopic (exact) mass is 280 g/mol. The molecule has 1 aliphatic carbocycles. The van der Waals surface area contributed by atoms with Crippen molar-refractivity contribution >= 4 is 11.4 Å². The second-order valence-corrected chi connectivity index (χ2v) is 4.76. The van der Waals surface area contributed by atoms with Crippen LogP contribution in [-0.4, -0.2) is 30.3 Å². The van der Waals surface area contributed by atoms with Crippen LogP contribution in [0, 0.1) is 10.1 Å². The Hall–Kier alpha value is -1.82. The molecule has 0 saturated heterocycles. The lowest BCUT2D eigenvalue weighted by Gasteiger charge is -2.36. The predicted molar refractivity (Wildman–Crippen MR) is 76.3 cm³/mol. The lowest BCUT2D eigenvalue weighted by molar-refractivity contribution is -0.385. The molecule has 0 unspecified atom stereocenters. The molecule has 6 heteroatoms. The molecule has 1 aliphatic rings. The van der Waals surface area contributed by atoms with E-state index in [1.54, 1.807) is 12.1 Å². The zero-order valence-electron chi connectivity index (χ0n) is 11.8. The van der Waals surface area contributed by atoms with E-state index in [0.717, 1.165) is 25.1 Å². The third-order valence-corrected chi connectivity index (χ3v) is 3.32. The van der Waals surface area contributed by atoms with E-state index < -0.39 is 4.92 Å². The average molecular weight is 280 g/mol. The van der Waals surface area contributed by atoms with Crippen LogP contribution in [0.1, 0.15) is 26.7 Å². The van der Waals surface area contributed by atoms with Gasteiger partial charge in [0.05, 0.1) is 17.6 Å². The highest BCUT2D eigenvalue weighted by atomic mass is 16.6. The number of hydrogen-bond donors (Lipinski definition) is 1. The van der Waals surface area contributed by atoms with Gasteiger partial charge in [-0.2, -0.15) is 0 Å². The number of nitrogens with one attached hydrogen (secondary N) is 1. The smallest absolute Gasteiger partial charge is 0.311 e. The highest BCUT2D eigenvalue weighted by Crippen LogP contribution is 2.32. The minimum absolute atomic E-state index is 0.00166. The van der Waals surface area contributed by atoms with E-state index in [1.807, 2.05) is 13.8 Å². The van der Waals surface area contributed by atoms with Crippen LogP contribution in [0.2, 0.25) is 0 Å². The number of nitro benzene ring substituents is 1. The van der Waals surface area contributed by atoms with Gasteiger partial charge in [-0.1, -0.05) is 0 Å². The van der Waals surface area contributed by atoms with Gasteiger partial charge in [-0.3, -0.25) is 10.1 Å². The van der Waals surface area contributed by atoms with E-state index in [0.29, 0.717) is 24.5 Å². The second-order valence-electron chi connectivity index (χ2n) is 4.76. The van der Waals surface area contributed by atoms with Gasteiger partial charge in [0, 0.05) is 30.5 Å². The summed E-state index contributed by atoms with van der Waals surface area (Å²) in [5.41, 5.74) is 0.845. The molecule has 1 N–H and O–H groups in total. The van der Waals surface area contributed by atoms with Gasteiger partial charge in [0.1, 0.15) is 0 Å². The Bertz CT molecular complexity index is 472. The lowest BCUT2D eigenvalue weighted by atomic mass is 9.89. The van der Waals surface area contributed by atoms with Gasteiger partial charge in [0.25, 0.3) is 0 Å². The van der Waals surface area contributed by atoms with Crippen molar-refractivity contribution in [3.8, 4) is 5.75 Å². The molecule has 6 nitrogen and oxygen atoms in total. The van der Waals surface area contributed by atoms with Gasteiger partial charge in [0.15, 0.2) is 5.75 Å². The molecule has 0 radical (unpaired) electrons. The summed E-state index contributed by atoms with van der Waals surface area (Å²) in [7, 11) is 0. The first kappa shape index (κ1) is 14.6. The fourth-order valence-electron chi connectivity index (χ4n) is 2.32. The van der Waals surface area contributed by atoms with Crippen molar-refractivity contribution in [1.29, 1.82) is 0 Å². The largest absolute Gasteiger partial charge is 0.487 e. The van der Waals surface area contributed by atoms with Crippen LogP contribution in [0.25, 0.3) is 0 Å². The van der Waals surface area contributed by atoms with Gasteiger partial charge in [-0.25, -0.2) is 0 Å². The van der Waals surface area contributed by atoms with Gasteiger partial charge in [-0.15, -0.1) is 0 Å². The zero-order chi connectivity index (χ0) is 14.5. The minimum Gasteiger partial charge on any atom is -0.487 e. The molecule has 1 aromatic rings. The molecule has 0 aliphatic heterocycles. The number of rotatable bonds is 7. The first-order valence-electron chi connectivity index (χ1n) is 6.93. The summed E-state index contributed by atoms with van der Waals surface area (Å²) < 4.78 is 10.8. The highest BCUT2D eigenvalue weighted by Gasteiger charge is 2.29. The molecule has 110 valence electrons. The fraction of sp³-hybridized carbons (Fsp3) is 0.571. The molecule has 1 aromatic carbocycles. The maximum absolute atomic E-state index is 10.9. The maximum Gasteiger partial charge on any atom is 0.311 e. The van der Waals surface area contributed by atoms with Crippen molar-refractivity contribution in [3.05, 3.63) is 28.3 Å². The molecular weight excluding hydrogens is 260 g/mol. The van der Waals surface area contributed by atoms with Crippen LogP contribution in [0.3, 0.4) is 0 Å². The van der Waals surface area contributed by atoms with Gasteiger partial charge in [-0.05, 0) is 32.8 Å². The molecule has 0 spiro atoms. The standard InChI is InChI=1S/C14H20N2O4/c1-3-19-12-7-11(8-12)15-10-5-6-13(16(17)18)14(9-10)20-4-2/h5-6,9,11-12,15H,3-4,7-8H2,1-2H3. The minimum atomic E-state index is -0.427. The number of anilines is 1. The Morgan fingerprint density at radius 2 is 2.10 bits per heavy atom. The van der Waals surface area contributed by atoms with E-state index in [4.69, 9.17) is 9.47 Å². The zero-order valence-corrected chi connectivity index (χ0v) is 11.8. The molecular formula is C14H20N2O4. The highest BCUT2D eigenvalue weighted by molar-refractivity contribution is 5.58. The van der Waals surface area contributed by atoms with Crippen LogP contribution in [0.4, 0.5) is 11.4 Å². The van der Waals surface area contributed by atoms with Crippen LogP contribution in [-0.2, 0) is 4.74 Å². The number of nitro groups is 1. The topological polar surface area (TPSA) is 73.6 Å².